The van der Waals surface area contributed by atoms with Crippen LogP contribution >= 0.6 is 46.6 Å². The maximum absolute atomic E-state index is 13.3. The van der Waals surface area contributed by atoms with Crippen LogP contribution in [0.3, 0.4) is 0 Å². The quantitative estimate of drug-likeness (QED) is 0.0723. The van der Waals surface area contributed by atoms with Gasteiger partial charge in [-0.2, -0.15) is 0 Å². The van der Waals surface area contributed by atoms with Gasteiger partial charge in [-0.05, 0) is 69.1 Å². The van der Waals surface area contributed by atoms with Gasteiger partial charge in [0, 0.05) is 76.0 Å². The Kier molecular flexibility index (Phi) is 10.4. The zero-order chi connectivity index (χ0) is 37.8. The first-order chi connectivity index (χ1) is 26.0. The summed E-state index contributed by atoms with van der Waals surface area (Å²) < 4.78 is 14.5. The average molecular weight is 812 g/mol. The summed E-state index contributed by atoms with van der Waals surface area (Å²) in [5, 5.41) is 12.5. The van der Waals surface area contributed by atoms with E-state index < -0.39 is 29.6 Å². The van der Waals surface area contributed by atoms with E-state index in [0.29, 0.717) is 5.57 Å². The molecule has 8 rings (SSSR count). The van der Waals surface area contributed by atoms with E-state index >= 15 is 0 Å². The fraction of sp³-hybridized carbons (Fsp3) is 0.425. The third-order valence-corrected chi connectivity index (χ3v) is 13.6. The van der Waals surface area contributed by atoms with Crippen molar-refractivity contribution in [3.05, 3.63) is 76.7 Å². The van der Waals surface area contributed by atoms with Crippen LogP contribution in [0, 0.1) is 0 Å². The van der Waals surface area contributed by atoms with E-state index in [9.17, 15) is 24.3 Å². The lowest BCUT2D eigenvalue weighted by molar-refractivity contribution is -0.158. The molecule has 0 bridgehead atoms. The van der Waals surface area contributed by atoms with E-state index in [-0.39, 0.29) is 43.9 Å². The summed E-state index contributed by atoms with van der Waals surface area (Å²) in [6.07, 6.45) is 8.91. The monoisotopic (exact) mass is 810 g/mol. The van der Waals surface area contributed by atoms with Gasteiger partial charge in [0.05, 0.1) is 38.4 Å². The summed E-state index contributed by atoms with van der Waals surface area (Å²) in [4.78, 5) is 52.0. The molecule has 0 aromatic heterocycles. The largest absolute Gasteiger partial charge is 0.478 e. The van der Waals surface area contributed by atoms with Gasteiger partial charge in [-0.15, -0.1) is 11.8 Å². The van der Waals surface area contributed by atoms with Gasteiger partial charge in [0.25, 0.3) is 0 Å². The molecular formula is C40H39Cl3N3O7S+. The molecule has 0 spiro atoms. The molecule has 54 heavy (non-hydrogen) atoms. The number of carboxylic acid groups (broad SMARTS) is 1. The summed E-state index contributed by atoms with van der Waals surface area (Å²) in [5.41, 5.74) is 12.3. The average Bonchev–Trinajstić information content (AvgIpc) is 3.49. The number of ether oxygens (including phenoxy) is 2. The van der Waals surface area contributed by atoms with E-state index in [4.69, 9.17) is 50.0 Å². The normalized spacial score (nSPS) is 16.9. The molecule has 0 saturated heterocycles. The van der Waals surface area contributed by atoms with Crippen LogP contribution in [0.15, 0.2) is 17.0 Å². The lowest BCUT2D eigenvalue weighted by atomic mass is 9.83. The number of primary amides is 1. The summed E-state index contributed by atoms with van der Waals surface area (Å²) in [6, 6.07) is 4.32. The van der Waals surface area contributed by atoms with Crippen LogP contribution in [0.25, 0.3) is 5.57 Å². The summed E-state index contributed by atoms with van der Waals surface area (Å²) in [7, 11) is 0. The maximum atomic E-state index is 13.3. The SMILES string of the molecule is NC(=O)CCC(=O)OC(=O)CSc1c(Cl)c(Cl)c(C(=O)O)c(C2=c3cc4c5c(c3Oc3c2cc2c6c3CCCN6CCCC2)CCC[N+]=5CCCC4)c1Cl. The summed E-state index contributed by atoms with van der Waals surface area (Å²) in [5.74, 6) is -2.75. The number of hydrogen-bond donors (Lipinski definition) is 2. The molecule has 5 heterocycles. The number of esters is 2. The highest BCUT2D eigenvalue weighted by Crippen LogP contribution is 2.52. The van der Waals surface area contributed by atoms with Gasteiger partial charge < -0.3 is 25.2 Å². The van der Waals surface area contributed by atoms with Gasteiger partial charge in [-0.1, -0.05) is 34.8 Å². The highest BCUT2D eigenvalue weighted by Gasteiger charge is 2.38. The number of nitrogens with zero attached hydrogens (tertiary/aromatic N) is 2. The number of amides is 1. The molecule has 0 fully saturated rings. The van der Waals surface area contributed by atoms with E-state index in [1.165, 1.54) is 22.2 Å². The van der Waals surface area contributed by atoms with Gasteiger partial charge in [0.1, 0.15) is 24.6 Å². The Balaban J connectivity index is 1.39. The minimum Gasteiger partial charge on any atom is -0.478 e. The molecule has 14 heteroatoms. The van der Waals surface area contributed by atoms with Gasteiger partial charge >= 0.3 is 17.9 Å². The number of fused-ring (bicyclic) bond motifs is 4. The van der Waals surface area contributed by atoms with Crippen LogP contribution < -0.4 is 30.5 Å². The highest BCUT2D eigenvalue weighted by atomic mass is 35.5. The number of rotatable bonds is 8. The molecule has 3 aromatic rings. The zero-order valence-corrected chi connectivity index (χ0v) is 32.7. The highest BCUT2D eigenvalue weighted by molar-refractivity contribution is 8.00. The third kappa shape index (κ3) is 6.54. The van der Waals surface area contributed by atoms with Crippen molar-refractivity contribution < 1.29 is 33.8 Å². The molecule has 10 nitrogen and oxygen atoms in total. The number of carbonyl (C=O) groups excluding carboxylic acids is 3. The van der Waals surface area contributed by atoms with E-state index in [1.54, 1.807) is 0 Å². The van der Waals surface area contributed by atoms with Crippen molar-refractivity contribution in [1.82, 2.24) is 4.58 Å². The van der Waals surface area contributed by atoms with E-state index in [0.717, 1.165) is 136 Å². The molecule has 3 aromatic carbocycles. The molecule has 0 aliphatic carbocycles. The van der Waals surface area contributed by atoms with Crippen LogP contribution in [0.1, 0.15) is 95.1 Å². The molecular weight excluding hydrogens is 773 g/mol. The first-order valence-corrected chi connectivity index (χ1v) is 20.7. The summed E-state index contributed by atoms with van der Waals surface area (Å²) >= 11 is 21.9. The van der Waals surface area contributed by atoms with Crippen LogP contribution in [0.5, 0.6) is 11.5 Å². The second-order valence-electron chi connectivity index (χ2n) is 14.5. The number of carboxylic acids is 1. The Hall–Kier alpha value is -3.77. The van der Waals surface area contributed by atoms with E-state index in [2.05, 4.69) is 21.6 Å². The number of nitrogens with two attached hydrogens (primary N) is 1. The van der Waals surface area contributed by atoms with Gasteiger partial charge in [0.2, 0.25) is 11.3 Å². The fourth-order valence-electron chi connectivity index (χ4n) is 8.86. The van der Waals surface area contributed by atoms with E-state index in [1.807, 2.05) is 0 Å². The van der Waals surface area contributed by atoms with Gasteiger partial charge in [-0.25, -0.2) is 9.37 Å². The topological polar surface area (TPSA) is 139 Å². The van der Waals surface area contributed by atoms with Crippen LogP contribution in [0.2, 0.25) is 15.1 Å². The number of hydrogen-bond acceptors (Lipinski definition) is 8. The van der Waals surface area contributed by atoms with Crippen molar-refractivity contribution in [3.8, 4) is 11.5 Å². The number of carbonyl (C=O) groups is 4. The number of anilines is 1. The van der Waals surface area contributed by atoms with Crippen molar-refractivity contribution in [2.75, 3.05) is 36.8 Å². The molecule has 0 radical (unpaired) electrons. The van der Waals surface area contributed by atoms with Crippen molar-refractivity contribution in [1.29, 1.82) is 0 Å². The van der Waals surface area contributed by atoms with Crippen molar-refractivity contribution in [2.24, 2.45) is 5.73 Å². The van der Waals surface area contributed by atoms with Crippen molar-refractivity contribution in [2.45, 2.75) is 81.9 Å². The minimum absolute atomic E-state index is 0.0175. The molecule has 0 atom stereocenters. The predicted molar refractivity (Wildman–Crippen MR) is 208 cm³/mol. The fourth-order valence-corrected chi connectivity index (χ4v) is 10.8. The number of halogens is 3. The number of aromatic carboxylic acids is 1. The standard InChI is InChI=1S/C40H38Cl3N3O7S/c41-32-31(40(50)51)30(33(42)39(34(32)43)54-19-28(49)52-27(48)12-11-26(44)47)29-24-17-20-7-1-3-13-45-15-5-9-22(35(20)45)37(24)53-38-23-10-6-16-46-14-4-2-8-21(36(23)46)18-25(29)38/h17-18H,1-16,19H2,(H2-,44,47,50,51)/p+1. The molecule has 282 valence electrons. The van der Waals surface area contributed by atoms with Crippen LogP contribution in [-0.4, -0.2) is 60.9 Å². The lowest BCUT2D eigenvalue weighted by Crippen LogP contribution is -2.41. The van der Waals surface area contributed by atoms with Crippen molar-refractivity contribution in [3.63, 3.8) is 0 Å². The second kappa shape index (κ2) is 15.0. The van der Waals surface area contributed by atoms with Crippen LogP contribution in [-0.2, 0) is 44.8 Å². The Morgan fingerprint density at radius 2 is 1.57 bits per heavy atom. The Morgan fingerprint density at radius 1 is 0.833 bits per heavy atom. The minimum atomic E-state index is -1.30. The third-order valence-electron chi connectivity index (χ3n) is 11.1. The predicted octanol–water partition coefficient (Wildman–Crippen LogP) is 5.99. The number of thioether (sulfide) groups is 1. The first kappa shape index (κ1) is 37.2. The molecule has 5 aliphatic rings. The van der Waals surface area contributed by atoms with Gasteiger partial charge in [-0.3, -0.25) is 14.4 Å². The van der Waals surface area contributed by atoms with Gasteiger partial charge in [0.15, 0.2) is 0 Å². The molecule has 0 unspecified atom stereocenters. The first-order valence-electron chi connectivity index (χ1n) is 18.5. The molecule has 5 aliphatic heterocycles. The molecule has 1 amide bonds. The zero-order valence-electron chi connectivity index (χ0n) is 29.6. The Labute approximate surface area is 331 Å². The van der Waals surface area contributed by atoms with Crippen molar-refractivity contribution >= 4 is 81.6 Å². The smallest absolute Gasteiger partial charge is 0.337 e. The van der Waals surface area contributed by atoms with Crippen LogP contribution in [0.4, 0.5) is 5.69 Å². The Bertz CT molecular complexity index is 2310. The lowest BCUT2D eigenvalue weighted by Gasteiger charge is -2.36. The molecule has 3 N–H and O–H groups in total. The maximum Gasteiger partial charge on any atom is 0.337 e. The number of benzene rings is 3. The Morgan fingerprint density at radius 3 is 2.37 bits per heavy atom. The second-order valence-corrected chi connectivity index (χ2v) is 16.6. The summed E-state index contributed by atoms with van der Waals surface area (Å²) in [6.45, 7) is 3.89. The molecule has 0 saturated carbocycles. The number of aryl methyl sites for hydroxylation is 2.